The second-order valence-corrected chi connectivity index (χ2v) is 2.89. The Morgan fingerprint density at radius 2 is 2.58 bits per heavy atom. The fourth-order valence-electron chi connectivity index (χ4n) is 0.689. The topological polar surface area (TPSA) is 57.8 Å². The van der Waals surface area contributed by atoms with E-state index in [-0.39, 0.29) is 5.56 Å². The minimum Gasteiger partial charge on any atom is -0.379 e. The summed E-state index contributed by atoms with van der Waals surface area (Å²) < 4.78 is 0.458. The van der Waals surface area contributed by atoms with Crippen molar-refractivity contribution in [3.8, 4) is 0 Å². The van der Waals surface area contributed by atoms with E-state index < -0.39 is 0 Å². The average molecular weight is 230 g/mol. The SMILES string of the molecule is C=CCNc1cn[nH]c(=O)c1Br. The third-order valence-electron chi connectivity index (χ3n) is 1.23. The molecule has 1 heterocycles. The molecule has 0 aliphatic rings. The Morgan fingerprint density at radius 3 is 3.25 bits per heavy atom. The first-order valence-electron chi connectivity index (χ1n) is 3.33. The van der Waals surface area contributed by atoms with E-state index in [1.807, 2.05) is 0 Å². The highest BCUT2D eigenvalue weighted by molar-refractivity contribution is 9.10. The first-order valence-corrected chi connectivity index (χ1v) is 4.13. The van der Waals surface area contributed by atoms with Gasteiger partial charge in [-0.2, -0.15) is 5.10 Å². The van der Waals surface area contributed by atoms with Crippen molar-refractivity contribution in [2.24, 2.45) is 0 Å². The van der Waals surface area contributed by atoms with E-state index in [1.54, 1.807) is 6.08 Å². The first kappa shape index (κ1) is 8.99. The monoisotopic (exact) mass is 229 g/mol. The maximum absolute atomic E-state index is 11.0. The van der Waals surface area contributed by atoms with E-state index >= 15 is 0 Å². The molecule has 12 heavy (non-hydrogen) atoms. The molecule has 64 valence electrons. The molecule has 0 unspecified atom stereocenters. The molecular weight excluding hydrogens is 222 g/mol. The van der Waals surface area contributed by atoms with Crippen LogP contribution in [0, 0.1) is 0 Å². The molecular formula is C7H8BrN3O. The van der Waals surface area contributed by atoms with Crippen LogP contribution >= 0.6 is 15.9 Å². The Balaban J connectivity index is 2.92. The summed E-state index contributed by atoms with van der Waals surface area (Å²) in [6.45, 7) is 4.14. The Hall–Kier alpha value is -1.10. The highest BCUT2D eigenvalue weighted by atomic mass is 79.9. The minimum absolute atomic E-state index is 0.246. The van der Waals surface area contributed by atoms with Crippen LogP contribution in [0.15, 0.2) is 28.1 Å². The lowest BCUT2D eigenvalue weighted by atomic mass is 10.4. The van der Waals surface area contributed by atoms with Crippen LogP contribution in [0.25, 0.3) is 0 Å². The molecule has 0 amide bonds. The number of aromatic nitrogens is 2. The van der Waals surface area contributed by atoms with Crippen LogP contribution in [0.3, 0.4) is 0 Å². The highest BCUT2D eigenvalue weighted by Gasteiger charge is 2.01. The number of hydrogen-bond acceptors (Lipinski definition) is 3. The number of aromatic amines is 1. The van der Waals surface area contributed by atoms with Crippen molar-refractivity contribution in [1.82, 2.24) is 10.2 Å². The predicted octanol–water partition coefficient (Wildman–Crippen LogP) is 1.13. The van der Waals surface area contributed by atoms with Crippen molar-refractivity contribution in [2.45, 2.75) is 0 Å². The van der Waals surface area contributed by atoms with Crippen LogP contribution < -0.4 is 10.9 Å². The standard InChI is InChI=1S/C7H8BrN3O/c1-2-3-9-5-4-10-11-7(12)6(5)8/h2,4H,1,3H2,(H2,9,11,12). The van der Waals surface area contributed by atoms with E-state index in [0.717, 1.165) is 0 Å². The quantitative estimate of drug-likeness (QED) is 0.765. The number of halogens is 1. The highest BCUT2D eigenvalue weighted by Crippen LogP contribution is 2.14. The van der Waals surface area contributed by atoms with Crippen LogP contribution in [-0.2, 0) is 0 Å². The molecule has 0 aliphatic heterocycles. The van der Waals surface area contributed by atoms with Gasteiger partial charge in [-0.1, -0.05) is 6.08 Å². The van der Waals surface area contributed by atoms with Crippen molar-refractivity contribution >= 4 is 21.6 Å². The van der Waals surface area contributed by atoms with E-state index in [1.165, 1.54) is 6.20 Å². The van der Waals surface area contributed by atoms with Crippen molar-refractivity contribution in [3.63, 3.8) is 0 Å². The van der Waals surface area contributed by atoms with E-state index in [4.69, 9.17) is 0 Å². The molecule has 2 N–H and O–H groups in total. The Kier molecular flexibility index (Phi) is 3.04. The molecule has 0 radical (unpaired) electrons. The van der Waals surface area contributed by atoms with Gasteiger partial charge in [-0.3, -0.25) is 4.79 Å². The molecule has 0 aromatic carbocycles. The zero-order valence-corrected chi connectivity index (χ0v) is 7.89. The lowest BCUT2D eigenvalue weighted by Crippen LogP contribution is -2.12. The van der Waals surface area contributed by atoms with Gasteiger partial charge >= 0.3 is 0 Å². The number of H-pyrrole nitrogens is 1. The van der Waals surface area contributed by atoms with E-state index in [9.17, 15) is 4.79 Å². The lowest BCUT2D eigenvalue weighted by molar-refractivity contribution is 0.977. The number of nitrogens with one attached hydrogen (secondary N) is 2. The molecule has 0 fully saturated rings. The summed E-state index contributed by atoms with van der Waals surface area (Å²) in [5.74, 6) is 0. The smallest absolute Gasteiger partial charge is 0.280 e. The van der Waals surface area contributed by atoms with Crippen LogP contribution in [0.5, 0.6) is 0 Å². The fraction of sp³-hybridized carbons (Fsp3) is 0.143. The summed E-state index contributed by atoms with van der Waals surface area (Å²) >= 11 is 3.13. The normalized spacial score (nSPS) is 9.42. The van der Waals surface area contributed by atoms with Crippen molar-refractivity contribution in [2.75, 3.05) is 11.9 Å². The number of nitrogens with zero attached hydrogens (tertiary/aromatic N) is 1. The second-order valence-electron chi connectivity index (χ2n) is 2.10. The summed E-state index contributed by atoms with van der Waals surface area (Å²) in [5.41, 5.74) is 0.419. The molecule has 0 spiro atoms. The van der Waals surface area contributed by atoms with E-state index in [2.05, 4.69) is 38.0 Å². The van der Waals surface area contributed by atoms with Crippen LogP contribution in [0.4, 0.5) is 5.69 Å². The summed E-state index contributed by atoms with van der Waals surface area (Å²) in [6.07, 6.45) is 3.24. The van der Waals surface area contributed by atoms with Gasteiger partial charge < -0.3 is 5.32 Å². The van der Waals surface area contributed by atoms with Gasteiger partial charge in [0.05, 0.1) is 11.9 Å². The van der Waals surface area contributed by atoms with Crippen molar-refractivity contribution in [1.29, 1.82) is 0 Å². The molecule has 1 aromatic heterocycles. The molecule has 1 aromatic rings. The molecule has 0 atom stereocenters. The molecule has 0 bridgehead atoms. The van der Waals surface area contributed by atoms with Gasteiger partial charge in [0.2, 0.25) is 0 Å². The Labute approximate surface area is 77.8 Å². The van der Waals surface area contributed by atoms with Gasteiger partial charge in [0.1, 0.15) is 4.47 Å². The average Bonchev–Trinajstić information content (AvgIpc) is 2.08. The predicted molar refractivity (Wildman–Crippen MR) is 51.2 cm³/mol. The molecule has 1 rings (SSSR count). The number of hydrogen-bond donors (Lipinski definition) is 2. The van der Waals surface area contributed by atoms with E-state index in [0.29, 0.717) is 16.7 Å². The van der Waals surface area contributed by atoms with Gasteiger partial charge in [0.15, 0.2) is 0 Å². The number of anilines is 1. The van der Waals surface area contributed by atoms with Gasteiger partial charge in [0.25, 0.3) is 5.56 Å². The zero-order chi connectivity index (χ0) is 8.97. The van der Waals surface area contributed by atoms with Crippen LogP contribution in [-0.4, -0.2) is 16.7 Å². The molecule has 4 nitrogen and oxygen atoms in total. The molecule has 0 saturated heterocycles. The molecule has 5 heteroatoms. The van der Waals surface area contributed by atoms with Crippen molar-refractivity contribution < 1.29 is 0 Å². The Bertz CT molecular complexity index is 334. The zero-order valence-electron chi connectivity index (χ0n) is 6.30. The van der Waals surface area contributed by atoms with Crippen LogP contribution in [0.2, 0.25) is 0 Å². The third kappa shape index (κ3) is 1.94. The summed E-state index contributed by atoms with van der Waals surface area (Å²) in [6, 6.07) is 0. The largest absolute Gasteiger partial charge is 0.379 e. The maximum atomic E-state index is 11.0. The molecule has 0 saturated carbocycles. The third-order valence-corrected chi connectivity index (χ3v) is 2.02. The van der Waals surface area contributed by atoms with Crippen LogP contribution in [0.1, 0.15) is 0 Å². The first-order chi connectivity index (χ1) is 5.75. The molecule has 0 aliphatic carbocycles. The van der Waals surface area contributed by atoms with Gasteiger partial charge in [-0.05, 0) is 15.9 Å². The second kappa shape index (κ2) is 4.06. The lowest BCUT2D eigenvalue weighted by Gasteiger charge is -2.02. The number of rotatable bonds is 3. The van der Waals surface area contributed by atoms with Gasteiger partial charge in [-0.15, -0.1) is 6.58 Å². The Morgan fingerprint density at radius 1 is 1.83 bits per heavy atom. The summed E-state index contributed by atoms with van der Waals surface area (Å²) in [4.78, 5) is 11.0. The van der Waals surface area contributed by atoms with Gasteiger partial charge in [-0.25, -0.2) is 5.10 Å². The summed E-state index contributed by atoms with van der Waals surface area (Å²) in [5, 5.41) is 8.89. The minimum atomic E-state index is -0.246. The fourth-order valence-corrected chi connectivity index (χ4v) is 1.02. The summed E-state index contributed by atoms with van der Waals surface area (Å²) in [7, 11) is 0. The van der Waals surface area contributed by atoms with Gasteiger partial charge in [0, 0.05) is 6.54 Å². The maximum Gasteiger partial charge on any atom is 0.280 e. The van der Waals surface area contributed by atoms with Crippen molar-refractivity contribution in [3.05, 3.63) is 33.7 Å².